The van der Waals surface area contributed by atoms with E-state index >= 15 is 0 Å². The molecule has 2 aromatic rings. The average Bonchev–Trinajstić information content (AvgIpc) is 2.53. The van der Waals surface area contributed by atoms with Crippen molar-refractivity contribution in [1.82, 2.24) is 10.4 Å². The Labute approximate surface area is 132 Å². The van der Waals surface area contributed by atoms with Crippen molar-refractivity contribution < 1.29 is 14.6 Å². The number of aromatic nitrogens is 1. The van der Waals surface area contributed by atoms with Gasteiger partial charge in [-0.05, 0) is 36.8 Å². The molecule has 1 heterocycles. The first-order valence-electron chi connectivity index (χ1n) is 6.51. The van der Waals surface area contributed by atoms with Gasteiger partial charge in [-0.1, -0.05) is 17.7 Å². The average molecular weight is 320 g/mol. The number of aromatic hydroxyl groups is 1. The number of hydrogen-bond acceptors (Lipinski definition) is 5. The second-order valence-electron chi connectivity index (χ2n) is 4.20. The standard InChI is InChI=1S/C15H14ClN3O3/c1-2-22-13-8-10(7-11(16)14(13)20)9-18-19-15(21)12-5-3-4-6-17-12/h3-9,20H,2H2,1H3,(H,19,21)/b18-9+. The highest BCUT2D eigenvalue weighted by Crippen LogP contribution is 2.34. The fourth-order valence-corrected chi connectivity index (χ4v) is 1.87. The highest BCUT2D eigenvalue weighted by Gasteiger charge is 2.09. The van der Waals surface area contributed by atoms with Gasteiger partial charge in [0.25, 0.3) is 5.91 Å². The predicted octanol–water partition coefficient (Wildman–Crippen LogP) is 2.60. The minimum Gasteiger partial charge on any atom is -0.503 e. The van der Waals surface area contributed by atoms with Gasteiger partial charge in [-0.15, -0.1) is 0 Å². The van der Waals surface area contributed by atoms with Crippen LogP contribution in [0.5, 0.6) is 11.5 Å². The van der Waals surface area contributed by atoms with Crippen molar-refractivity contribution in [1.29, 1.82) is 0 Å². The van der Waals surface area contributed by atoms with Gasteiger partial charge >= 0.3 is 0 Å². The van der Waals surface area contributed by atoms with Gasteiger partial charge in [0, 0.05) is 6.20 Å². The lowest BCUT2D eigenvalue weighted by Crippen LogP contribution is -2.18. The van der Waals surface area contributed by atoms with Gasteiger partial charge < -0.3 is 9.84 Å². The number of hydrazone groups is 1. The minimum absolute atomic E-state index is 0.127. The van der Waals surface area contributed by atoms with Crippen molar-refractivity contribution in [2.24, 2.45) is 5.10 Å². The van der Waals surface area contributed by atoms with Gasteiger partial charge in [0.1, 0.15) is 5.69 Å². The van der Waals surface area contributed by atoms with Crippen LogP contribution in [0.25, 0.3) is 0 Å². The summed E-state index contributed by atoms with van der Waals surface area (Å²) in [7, 11) is 0. The van der Waals surface area contributed by atoms with E-state index in [9.17, 15) is 9.90 Å². The molecule has 114 valence electrons. The Kier molecular flexibility index (Phi) is 5.32. The van der Waals surface area contributed by atoms with Crippen LogP contribution >= 0.6 is 11.6 Å². The van der Waals surface area contributed by atoms with E-state index in [-0.39, 0.29) is 22.2 Å². The lowest BCUT2D eigenvalue weighted by atomic mass is 10.2. The molecule has 1 aromatic heterocycles. The van der Waals surface area contributed by atoms with Gasteiger partial charge in [-0.2, -0.15) is 5.10 Å². The Bertz CT molecular complexity index is 690. The summed E-state index contributed by atoms with van der Waals surface area (Å²) in [6.45, 7) is 2.18. The maximum Gasteiger partial charge on any atom is 0.289 e. The summed E-state index contributed by atoms with van der Waals surface area (Å²) < 4.78 is 5.26. The number of nitrogens with zero attached hydrogens (tertiary/aromatic N) is 2. The number of pyridine rings is 1. The van der Waals surface area contributed by atoms with Gasteiger partial charge in [-0.3, -0.25) is 9.78 Å². The third-order valence-electron chi connectivity index (χ3n) is 2.63. The van der Waals surface area contributed by atoms with Gasteiger partial charge in [0.05, 0.1) is 17.8 Å². The van der Waals surface area contributed by atoms with E-state index in [2.05, 4.69) is 15.5 Å². The molecular formula is C15H14ClN3O3. The fourth-order valence-electron chi connectivity index (χ4n) is 1.65. The van der Waals surface area contributed by atoms with Crippen LogP contribution in [-0.4, -0.2) is 28.8 Å². The van der Waals surface area contributed by atoms with E-state index in [1.165, 1.54) is 18.5 Å². The maximum atomic E-state index is 11.7. The molecule has 0 atom stereocenters. The largest absolute Gasteiger partial charge is 0.503 e. The molecular weight excluding hydrogens is 306 g/mol. The third kappa shape index (κ3) is 3.95. The van der Waals surface area contributed by atoms with E-state index in [1.807, 2.05) is 0 Å². The number of rotatable bonds is 5. The van der Waals surface area contributed by atoms with Crippen LogP contribution in [0.4, 0.5) is 0 Å². The fraction of sp³-hybridized carbons (Fsp3) is 0.133. The Morgan fingerprint density at radius 3 is 3.00 bits per heavy atom. The SMILES string of the molecule is CCOc1cc(/C=N/NC(=O)c2ccccn2)cc(Cl)c1O. The molecule has 0 aliphatic heterocycles. The van der Waals surface area contributed by atoms with E-state index in [1.54, 1.807) is 31.2 Å². The van der Waals surface area contributed by atoms with E-state index in [0.29, 0.717) is 12.2 Å². The van der Waals surface area contributed by atoms with Crippen LogP contribution in [0, 0.1) is 0 Å². The molecule has 22 heavy (non-hydrogen) atoms. The van der Waals surface area contributed by atoms with Crippen molar-refractivity contribution >= 4 is 23.7 Å². The van der Waals surface area contributed by atoms with Gasteiger partial charge in [-0.25, -0.2) is 5.43 Å². The normalized spacial score (nSPS) is 10.6. The zero-order valence-electron chi connectivity index (χ0n) is 11.8. The van der Waals surface area contributed by atoms with Crippen molar-refractivity contribution in [2.45, 2.75) is 6.92 Å². The molecule has 0 bridgehead atoms. The molecule has 0 saturated carbocycles. The lowest BCUT2D eigenvalue weighted by molar-refractivity contribution is 0.0950. The topological polar surface area (TPSA) is 83.8 Å². The molecule has 0 aliphatic carbocycles. The molecule has 1 aromatic carbocycles. The maximum absolute atomic E-state index is 11.7. The number of nitrogens with one attached hydrogen (secondary N) is 1. The molecule has 0 unspecified atom stereocenters. The van der Waals surface area contributed by atoms with Crippen molar-refractivity contribution in [3.63, 3.8) is 0 Å². The zero-order valence-corrected chi connectivity index (χ0v) is 12.5. The van der Waals surface area contributed by atoms with E-state index in [4.69, 9.17) is 16.3 Å². The highest BCUT2D eigenvalue weighted by molar-refractivity contribution is 6.32. The lowest BCUT2D eigenvalue weighted by Gasteiger charge is -2.08. The molecule has 7 heteroatoms. The molecule has 2 N–H and O–H groups in total. The van der Waals surface area contributed by atoms with Gasteiger partial charge in [0.2, 0.25) is 0 Å². The second-order valence-corrected chi connectivity index (χ2v) is 4.60. The Morgan fingerprint density at radius 2 is 2.32 bits per heavy atom. The van der Waals surface area contributed by atoms with Crippen molar-refractivity contribution in [3.8, 4) is 11.5 Å². The smallest absolute Gasteiger partial charge is 0.289 e. The molecule has 6 nitrogen and oxygen atoms in total. The van der Waals surface area contributed by atoms with E-state index in [0.717, 1.165) is 0 Å². The molecule has 1 amide bonds. The van der Waals surface area contributed by atoms with Crippen LogP contribution in [0.3, 0.4) is 0 Å². The first kappa shape index (κ1) is 15.8. The van der Waals surface area contributed by atoms with E-state index < -0.39 is 5.91 Å². The predicted molar refractivity (Wildman–Crippen MR) is 83.6 cm³/mol. The van der Waals surface area contributed by atoms with Crippen LogP contribution in [0.15, 0.2) is 41.6 Å². The number of carbonyl (C=O) groups is 1. The number of benzene rings is 1. The zero-order chi connectivity index (χ0) is 15.9. The molecule has 0 radical (unpaired) electrons. The quantitative estimate of drug-likeness (QED) is 0.655. The number of hydrogen-bond donors (Lipinski definition) is 2. The summed E-state index contributed by atoms with van der Waals surface area (Å²) in [5.41, 5.74) is 3.19. The molecule has 0 saturated heterocycles. The first-order chi connectivity index (χ1) is 10.6. The number of amides is 1. The number of phenolic OH excluding ortho intramolecular Hbond substituents is 1. The highest BCUT2D eigenvalue weighted by atomic mass is 35.5. The van der Waals surface area contributed by atoms with Crippen molar-refractivity contribution in [3.05, 3.63) is 52.8 Å². The molecule has 0 spiro atoms. The van der Waals surface area contributed by atoms with Crippen LogP contribution < -0.4 is 10.2 Å². The van der Waals surface area contributed by atoms with Crippen molar-refractivity contribution in [2.75, 3.05) is 6.61 Å². The summed E-state index contributed by atoms with van der Waals surface area (Å²) >= 11 is 5.90. The number of carbonyl (C=O) groups excluding carboxylic acids is 1. The first-order valence-corrected chi connectivity index (χ1v) is 6.89. The van der Waals surface area contributed by atoms with Crippen LogP contribution in [0.1, 0.15) is 23.0 Å². The third-order valence-corrected chi connectivity index (χ3v) is 2.92. The number of phenols is 1. The second kappa shape index (κ2) is 7.42. The number of ether oxygens (including phenoxy) is 1. The molecule has 0 aliphatic rings. The molecule has 2 rings (SSSR count). The van der Waals surface area contributed by atoms with Crippen LogP contribution in [0.2, 0.25) is 5.02 Å². The Balaban J connectivity index is 2.09. The summed E-state index contributed by atoms with van der Waals surface area (Å²) in [5.74, 6) is -0.294. The van der Waals surface area contributed by atoms with Crippen LogP contribution in [-0.2, 0) is 0 Å². The molecule has 0 fully saturated rings. The van der Waals surface area contributed by atoms with Gasteiger partial charge in [0.15, 0.2) is 11.5 Å². The Hall–Kier alpha value is -2.60. The summed E-state index contributed by atoms with van der Waals surface area (Å²) in [6.07, 6.45) is 2.92. The Morgan fingerprint density at radius 1 is 1.50 bits per heavy atom. The summed E-state index contributed by atoms with van der Waals surface area (Å²) in [4.78, 5) is 15.7. The number of halogens is 1. The summed E-state index contributed by atoms with van der Waals surface area (Å²) in [6, 6.07) is 8.08. The minimum atomic E-state index is -0.424. The monoisotopic (exact) mass is 319 g/mol. The summed E-state index contributed by atoms with van der Waals surface area (Å²) in [5, 5.41) is 13.7.